The molecule has 1 aliphatic rings. The number of carbonyl (C=O) groups excluding carboxylic acids is 3. The molecular weight excluding hydrogens is 428 g/mol. The summed E-state index contributed by atoms with van der Waals surface area (Å²) in [6.07, 6.45) is 0.0334. The first kappa shape index (κ1) is 21.7. The Morgan fingerprint density at radius 3 is 2.72 bits per heavy atom. The molecule has 32 heavy (non-hydrogen) atoms. The van der Waals surface area contributed by atoms with E-state index in [-0.39, 0.29) is 31.3 Å². The van der Waals surface area contributed by atoms with Crippen LogP contribution in [0.25, 0.3) is 11.3 Å². The number of hydrogen-bond donors (Lipinski definition) is 0. The maximum atomic E-state index is 12.5. The Kier molecular flexibility index (Phi) is 6.32. The third kappa shape index (κ3) is 4.70. The predicted molar refractivity (Wildman–Crippen MR) is 121 cm³/mol. The van der Waals surface area contributed by atoms with Crippen LogP contribution < -0.4 is 9.64 Å². The molecule has 1 saturated heterocycles. The van der Waals surface area contributed by atoms with Gasteiger partial charge in [0, 0.05) is 29.5 Å². The van der Waals surface area contributed by atoms with Crippen molar-refractivity contribution in [1.29, 1.82) is 0 Å². The summed E-state index contributed by atoms with van der Waals surface area (Å²) >= 11 is 1.36. The minimum absolute atomic E-state index is 0.0334. The number of aromatic nitrogens is 1. The monoisotopic (exact) mass is 450 g/mol. The summed E-state index contributed by atoms with van der Waals surface area (Å²) in [5.74, 6) is -1.16. The van der Waals surface area contributed by atoms with E-state index in [1.807, 2.05) is 36.6 Å². The van der Waals surface area contributed by atoms with E-state index in [1.165, 1.54) is 23.3 Å². The van der Waals surface area contributed by atoms with Crippen LogP contribution in [0, 0.1) is 12.8 Å². The summed E-state index contributed by atoms with van der Waals surface area (Å²) in [5, 5.41) is 2.44. The van der Waals surface area contributed by atoms with E-state index in [1.54, 1.807) is 24.3 Å². The summed E-state index contributed by atoms with van der Waals surface area (Å²) < 4.78 is 10.3. The van der Waals surface area contributed by atoms with Gasteiger partial charge in [-0.05, 0) is 19.1 Å². The van der Waals surface area contributed by atoms with Crippen molar-refractivity contribution < 1.29 is 23.9 Å². The topological polar surface area (TPSA) is 85.8 Å². The van der Waals surface area contributed by atoms with Gasteiger partial charge in [-0.2, -0.15) is 0 Å². The van der Waals surface area contributed by atoms with Crippen LogP contribution in [0.3, 0.4) is 0 Å². The normalized spacial score (nSPS) is 15.6. The van der Waals surface area contributed by atoms with E-state index in [4.69, 9.17) is 9.47 Å². The molecular formula is C24H22N2O5S. The number of aryl methyl sites for hydroxylation is 1. The molecule has 2 aromatic carbocycles. The van der Waals surface area contributed by atoms with Crippen molar-refractivity contribution in [2.75, 3.05) is 25.2 Å². The summed E-state index contributed by atoms with van der Waals surface area (Å²) in [4.78, 5) is 43.4. The van der Waals surface area contributed by atoms with Gasteiger partial charge < -0.3 is 9.47 Å². The van der Waals surface area contributed by atoms with Crippen LogP contribution in [-0.2, 0) is 14.3 Å². The van der Waals surface area contributed by atoms with Gasteiger partial charge in [0.05, 0.1) is 18.7 Å². The van der Waals surface area contributed by atoms with Gasteiger partial charge in [0.1, 0.15) is 5.75 Å². The molecule has 0 radical (unpaired) electrons. The van der Waals surface area contributed by atoms with E-state index >= 15 is 0 Å². The molecule has 0 saturated carbocycles. The van der Waals surface area contributed by atoms with Gasteiger partial charge in [-0.1, -0.05) is 42.0 Å². The molecule has 0 spiro atoms. The third-order valence-corrected chi connectivity index (χ3v) is 6.13. The zero-order valence-electron chi connectivity index (χ0n) is 17.7. The lowest BCUT2D eigenvalue weighted by atomic mass is 10.1. The lowest BCUT2D eigenvalue weighted by Gasteiger charge is -2.13. The second-order valence-electron chi connectivity index (χ2n) is 7.55. The van der Waals surface area contributed by atoms with Crippen molar-refractivity contribution in [1.82, 2.24) is 4.98 Å². The molecule has 0 aliphatic carbocycles. The minimum atomic E-state index is -0.632. The molecule has 0 unspecified atom stereocenters. The van der Waals surface area contributed by atoms with Crippen molar-refractivity contribution in [3.05, 3.63) is 65.0 Å². The van der Waals surface area contributed by atoms with Gasteiger partial charge in [-0.25, -0.2) is 4.98 Å². The number of carbonyl (C=O) groups is 3. The van der Waals surface area contributed by atoms with Crippen molar-refractivity contribution in [2.24, 2.45) is 5.92 Å². The highest BCUT2D eigenvalue weighted by Gasteiger charge is 2.37. The molecule has 3 aromatic rings. The Hall–Kier alpha value is -3.52. The van der Waals surface area contributed by atoms with Gasteiger partial charge in [0.15, 0.2) is 17.5 Å². The summed E-state index contributed by atoms with van der Waals surface area (Å²) in [7, 11) is 1.51. The number of rotatable bonds is 7. The van der Waals surface area contributed by atoms with Crippen molar-refractivity contribution in [2.45, 2.75) is 13.3 Å². The number of methoxy groups -OCH3 is 1. The molecule has 0 N–H and O–H groups in total. The third-order valence-electron chi connectivity index (χ3n) is 5.27. The zero-order valence-corrected chi connectivity index (χ0v) is 18.6. The maximum absolute atomic E-state index is 12.5. The Labute approximate surface area is 189 Å². The predicted octanol–water partition coefficient (Wildman–Crippen LogP) is 3.91. The van der Waals surface area contributed by atoms with E-state index in [9.17, 15) is 14.4 Å². The quantitative estimate of drug-likeness (QED) is 0.401. The summed E-state index contributed by atoms with van der Waals surface area (Å²) in [6, 6.07) is 14.6. The summed E-state index contributed by atoms with van der Waals surface area (Å²) in [6.45, 7) is 1.82. The fourth-order valence-corrected chi connectivity index (χ4v) is 4.29. The molecule has 1 amide bonds. The Morgan fingerprint density at radius 1 is 1.19 bits per heavy atom. The average molecular weight is 451 g/mol. The fourth-order valence-electron chi connectivity index (χ4n) is 3.43. The molecule has 1 aromatic heterocycles. The van der Waals surface area contributed by atoms with Crippen molar-refractivity contribution >= 4 is 34.1 Å². The Morgan fingerprint density at radius 2 is 1.97 bits per heavy atom. The second kappa shape index (κ2) is 9.32. The average Bonchev–Trinajstić information content (AvgIpc) is 3.44. The van der Waals surface area contributed by atoms with Crippen LogP contribution in [0.15, 0.2) is 53.9 Å². The number of ketones is 1. The lowest BCUT2D eigenvalue weighted by Crippen LogP contribution is -2.27. The van der Waals surface area contributed by atoms with Crippen LogP contribution in [0.2, 0.25) is 0 Å². The molecule has 164 valence electrons. The smallest absolute Gasteiger partial charge is 0.311 e. The van der Waals surface area contributed by atoms with E-state index in [0.717, 1.165) is 16.8 Å². The first-order chi connectivity index (χ1) is 15.4. The number of ether oxygens (including phenoxy) is 2. The SMILES string of the molecule is COc1cccc(C(=O)COC(=O)[C@@H]2CC(=O)N(c3nc(-c4ccc(C)cc4)cs3)C2)c1. The molecule has 8 heteroatoms. The highest BCUT2D eigenvalue weighted by molar-refractivity contribution is 7.14. The van der Waals surface area contributed by atoms with Crippen LogP contribution in [-0.4, -0.2) is 42.9 Å². The number of Topliss-reactive ketones (excluding diaryl/α,β-unsaturated/α-hetero) is 1. The molecule has 0 bridgehead atoms. The van der Waals surface area contributed by atoms with Crippen LogP contribution >= 0.6 is 11.3 Å². The van der Waals surface area contributed by atoms with Crippen LogP contribution in [0.4, 0.5) is 5.13 Å². The fraction of sp³-hybridized carbons (Fsp3) is 0.250. The Bertz CT molecular complexity index is 1160. The summed E-state index contributed by atoms with van der Waals surface area (Å²) in [5.41, 5.74) is 3.31. The molecule has 1 fully saturated rings. The van der Waals surface area contributed by atoms with Gasteiger partial charge in [0.2, 0.25) is 5.91 Å². The van der Waals surface area contributed by atoms with E-state index in [2.05, 4.69) is 4.98 Å². The molecule has 1 aliphatic heterocycles. The number of esters is 1. The number of thiazole rings is 1. The number of anilines is 1. The van der Waals surface area contributed by atoms with E-state index in [0.29, 0.717) is 16.4 Å². The van der Waals surface area contributed by atoms with Crippen molar-refractivity contribution in [3.63, 3.8) is 0 Å². The minimum Gasteiger partial charge on any atom is -0.497 e. The maximum Gasteiger partial charge on any atom is 0.311 e. The molecule has 2 heterocycles. The van der Waals surface area contributed by atoms with Gasteiger partial charge in [-0.3, -0.25) is 19.3 Å². The van der Waals surface area contributed by atoms with Crippen LogP contribution in [0.5, 0.6) is 5.75 Å². The first-order valence-corrected chi connectivity index (χ1v) is 11.0. The van der Waals surface area contributed by atoms with Crippen molar-refractivity contribution in [3.8, 4) is 17.0 Å². The molecule has 7 nitrogen and oxygen atoms in total. The highest BCUT2D eigenvalue weighted by atomic mass is 32.1. The highest BCUT2D eigenvalue weighted by Crippen LogP contribution is 2.32. The van der Waals surface area contributed by atoms with Crippen LogP contribution in [0.1, 0.15) is 22.3 Å². The first-order valence-electron chi connectivity index (χ1n) is 10.1. The zero-order chi connectivity index (χ0) is 22.7. The van der Waals surface area contributed by atoms with Gasteiger partial charge in [-0.15, -0.1) is 11.3 Å². The molecule has 1 atom stereocenters. The standard InChI is InChI=1S/C24H22N2O5S/c1-15-6-8-16(9-7-15)20-14-32-24(25-20)26-12-18(11-22(26)28)23(29)31-13-21(27)17-4-3-5-19(10-17)30-2/h3-10,14,18H,11-13H2,1-2H3/t18-/m1/s1. The number of hydrogen-bond acceptors (Lipinski definition) is 7. The number of benzene rings is 2. The lowest BCUT2D eigenvalue weighted by molar-refractivity contribution is -0.147. The second-order valence-corrected chi connectivity index (χ2v) is 8.39. The Balaban J connectivity index is 1.36. The molecule has 4 rings (SSSR count). The largest absolute Gasteiger partial charge is 0.497 e. The van der Waals surface area contributed by atoms with Gasteiger partial charge >= 0.3 is 5.97 Å². The van der Waals surface area contributed by atoms with Gasteiger partial charge in [0.25, 0.3) is 0 Å². The number of amides is 1. The number of nitrogens with zero attached hydrogens (tertiary/aromatic N) is 2. The van der Waals surface area contributed by atoms with E-state index < -0.39 is 11.9 Å².